The molecule has 3 N–H and O–H groups in total. The van der Waals surface area contributed by atoms with Crippen molar-refractivity contribution in [2.24, 2.45) is 4.99 Å². The summed E-state index contributed by atoms with van der Waals surface area (Å²) < 4.78 is 0.907. The molecule has 0 aromatic heterocycles. The first kappa shape index (κ1) is 18.5. The quantitative estimate of drug-likeness (QED) is 0.375. The highest BCUT2D eigenvalue weighted by Gasteiger charge is 2.04. The fraction of sp³-hybridized carbons (Fsp3) is 0.500. The SMILES string of the molecule is CCCN=C(NCC)NCCCNC(=O)c1cccc(Br)c1. The summed E-state index contributed by atoms with van der Waals surface area (Å²) in [4.78, 5) is 16.4. The zero-order valence-corrected chi connectivity index (χ0v) is 14.9. The Kier molecular flexibility index (Phi) is 9.30. The molecule has 5 nitrogen and oxygen atoms in total. The van der Waals surface area contributed by atoms with E-state index in [1.807, 2.05) is 25.1 Å². The summed E-state index contributed by atoms with van der Waals surface area (Å²) in [6.07, 6.45) is 1.87. The largest absolute Gasteiger partial charge is 0.357 e. The van der Waals surface area contributed by atoms with E-state index in [4.69, 9.17) is 0 Å². The van der Waals surface area contributed by atoms with Crippen LogP contribution in [0.25, 0.3) is 0 Å². The number of guanidine groups is 1. The summed E-state index contributed by atoms with van der Waals surface area (Å²) in [5.41, 5.74) is 0.667. The van der Waals surface area contributed by atoms with Gasteiger partial charge >= 0.3 is 0 Å². The second-order valence-electron chi connectivity index (χ2n) is 4.81. The zero-order valence-electron chi connectivity index (χ0n) is 13.3. The summed E-state index contributed by atoms with van der Waals surface area (Å²) in [7, 11) is 0. The van der Waals surface area contributed by atoms with E-state index in [-0.39, 0.29) is 5.91 Å². The van der Waals surface area contributed by atoms with Gasteiger partial charge in [-0.3, -0.25) is 9.79 Å². The van der Waals surface area contributed by atoms with Gasteiger partial charge in [-0.15, -0.1) is 0 Å². The second kappa shape index (κ2) is 11.1. The van der Waals surface area contributed by atoms with Gasteiger partial charge in [-0.2, -0.15) is 0 Å². The smallest absolute Gasteiger partial charge is 0.251 e. The molecule has 22 heavy (non-hydrogen) atoms. The number of nitrogens with one attached hydrogen (secondary N) is 3. The molecular formula is C16H25BrN4O. The van der Waals surface area contributed by atoms with Gasteiger partial charge in [-0.05, 0) is 38.0 Å². The Bertz CT molecular complexity index is 491. The Morgan fingerprint density at radius 2 is 1.95 bits per heavy atom. The lowest BCUT2D eigenvalue weighted by Gasteiger charge is -2.11. The molecule has 0 heterocycles. The standard InChI is InChI=1S/C16H25BrN4O/c1-3-9-20-16(18-4-2)21-11-6-10-19-15(22)13-7-5-8-14(17)12-13/h5,7-8,12H,3-4,6,9-11H2,1-2H3,(H,19,22)(H2,18,20,21). The molecule has 0 aliphatic carbocycles. The molecular weight excluding hydrogens is 344 g/mol. The second-order valence-corrected chi connectivity index (χ2v) is 5.72. The molecule has 0 aliphatic heterocycles. The number of rotatable bonds is 8. The van der Waals surface area contributed by atoms with Crippen molar-refractivity contribution in [1.29, 1.82) is 0 Å². The van der Waals surface area contributed by atoms with Crippen LogP contribution >= 0.6 is 15.9 Å². The van der Waals surface area contributed by atoms with E-state index in [2.05, 4.69) is 43.8 Å². The van der Waals surface area contributed by atoms with Gasteiger partial charge in [-0.25, -0.2) is 0 Å². The number of hydrogen-bond donors (Lipinski definition) is 3. The summed E-state index contributed by atoms with van der Waals surface area (Å²) in [5, 5.41) is 9.37. The van der Waals surface area contributed by atoms with Crippen LogP contribution in [0.2, 0.25) is 0 Å². The minimum Gasteiger partial charge on any atom is -0.357 e. The third-order valence-corrected chi connectivity index (χ3v) is 3.35. The Balaban J connectivity index is 2.25. The van der Waals surface area contributed by atoms with Crippen LogP contribution < -0.4 is 16.0 Å². The lowest BCUT2D eigenvalue weighted by Crippen LogP contribution is -2.38. The monoisotopic (exact) mass is 368 g/mol. The van der Waals surface area contributed by atoms with Crippen molar-refractivity contribution in [2.45, 2.75) is 26.7 Å². The van der Waals surface area contributed by atoms with E-state index in [1.54, 1.807) is 6.07 Å². The van der Waals surface area contributed by atoms with E-state index < -0.39 is 0 Å². The lowest BCUT2D eigenvalue weighted by atomic mass is 10.2. The molecule has 0 fully saturated rings. The molecule has 0 spiro atoms. The van der Waals surface area contributed by atoms with Gasteiger partial charge in [0, 0.05) is 36.2 Å². The predicted octanol–water partition coefficient (Wildman–Crippen LogP) is 2.53. The molecule has 1 amide bonds. The van der Waals surface area contributed by atoms with Crippen LogP contribution in [0, 0.1) is 0 Å². The summed E-state index contributed by atoms with van der Waals surface area (Å²) >= 11 is 3.36. The van der Waals surface area contributed by atoms with Gasteiger partial charge in [0.15, 0.2) is 5.96 Å². The Hall–Kier alpha value is -1.56. The van der Waals surface area contributed by atoms with E-state index in [9.17, 15) is 4.79 Å². The maximum Gasteiger partial charge on any atom is 0.251 e. The fourth-order valence-corrected chi connectivity index (χ4v) is 2.19. The van der Waals surface area contributed by atoms with Crippen LogP contribution in [0.5, 0.6) is 0 Å². The molecule has 0 atom stereocenters. The van der Waals surface area contributed by atoms with Gasteiger partial charge in [-0.1, -0.05) is 28.9 Å². The highest BCUT2D eigenvalue weighted by molar-refractivity contribution is 9.10. The van der Waals surface area contributed by atoms with Crippen LogP contribution in [0.1, 0.15) is 37.0 Å². The molecule has 0 saturated carbocycles. The predicted molar refractivity (Wildman–Crippen MR) is 95.4 cm³/mol. The van der Waals surface area contributed by atoms with Crippen LogP contribution in [0.3, 0.4) is 0 Å². The first-order valence-electron chi connectivity index (χ1n) is 7.73. The molecule has 1 aromatic carbocycles. The Labute approximate surface area is 141 Å². The van der Waals surface area contributed by atoms with Crippen LogP contribution in [0.15, 0.2) is 33.7 Å². The van der Waals surface area contributed by atoms with Gasteiger partial charge in [0.1, 0.15) is 0 Å². The van der Waals surface area contributed by atoms with Crippen molar-refractivity contribution >= 4 is 27.8 Å². The molecule has 122 valence electrons. The van der Waals surface area contributed by atoms with Crippen molar-refractivity contribution in [3.8, 4) is 0 Å². The number of hydrogen-bond acceptors (Lipinski definition) is 2. The molecule has 0 unspecified atom stereocenters. The molecule has 0 aliphatic rings. The van der Waals surface area contributed by atoms with E-state index in [0.717, 1.165) is 42.9 Å². The molecule has 0 bridgehead atoms. The average Bonchev–Trinajstić information content (AvgIpc) is 2.52. The maximum absolute atomic E-state index is 11.9. The number of amides is 1. The summed E-state index contributed by atoms with van der Waals surface area (Å²) in [6, 6.07) is 7.37. The number of aliphatic imine (C=N–C) groups is 1. The number of benzene rings is 1. The van der Waals surface area contributed by atoms with Crippen LogP contribution in [0.4, 0.5) is 0 Å². The molecule has 1 aromatic rings. The first-order chi connectivity index (χ1) is 10.7. The topological polar surface area (TPSA) is 65.5 Å². The number of nitrogens with zero attached hydrogens (tertiary/aromatic N) is 1. The summed E-state index contributed by atoms with van der Waals surface area (Å²) in [5.74, 6) is 0.788. The van der Waals surface area contributed by atoms with E-state index >= 15 is 0 Å². The Morgan fingerprint density at radius 3 is 2.64 bits per heavy atom. The lowest BCUT2D eigenvalue weighted by molar-refractivity contribution is 0.0953. The van der Waals surface area contributed by atoms with Crippen molar-refractivity contribution in [3.63, 3.8) is 0 Å². The van der Waals surface area contributed by atoms with Gasteiger partial charge < -0.3 is 16.0 Å². The number of carbonyl (C=O) groups is 1. The number of carbonyl (C=O) groups excluding carboxylic acids is 1. The van der Waals surface area contributed by atoms with E-state index in [1.165, 1.54) is 0 Å². The molecule has 0 saturated heterocycles. The highest BCUT2D eigenvalue weighted by atomic mass is 79.9. The normalized spacial score (nSPS) is 11.1. The van der Waals surface area contributed by atoms with Crippen molar-refractivity contribution in [1.82, 2.24) is 16.0 Å². The van der Waals surface area contributed by atoms with Gasteiger partial charge in [0.2, 0.25) is 0 Å². The third kappa shape index (κ3) is 7.45. The maximum atomic E-state index is 11.9. The average molecular weight is 369 g/mol. The van der Waals surface area contributed by atoms with Crippen LogP contribution in [-0.2, 0) is 0 Å². The molecule has 0 radical (unpaired) electrons. The third-order valence-electron chi connectivity index (χ3n) is 2.86. The minimum atomic E-state index is -0.0483. The van der Waals surface area contributed by atoms with E-state index in [0.29, 0.717) is 12.1 Å². The fourth-order valence-electron chi connectivity index (χ4n) is 1.79. The van der Waals surface area contributed by atoms with Gasteiger partial charge in [0.05, 0.1) is 0 Å². The zero-order chi connectivity index (χ0) is 16.2. The molecule has 1 rings (SSSR count). The first-order valence-corrected chi connectivity index (χ1v) is 8.52. The minimum absolute atomic E-state index is 0.0483. The highest BCUT2D eigenvalue weighted by Crippen LogP contribution is 2.11. The van der Waals surface area contributed by atoms with Crippen molar-refractivity contribution in [3.05, 3.63) is 34.3 Å². The van der Waals surface area contributed by atoms with Gasteiger partial charge in [0.25, 0.3) is 5.91 Å². The van der Waals surface area contributed by atoms with Crippen molar-refractivity contribution in [2.75, 3.05) is 26.2 Å². The van der Waals surface area contributed by atoms with Crippen LogP contribution in [-0.4, -0.2) is 38.0 Å². The number of halogens is 1. The van der Waals surface area contributed by atoms with Crippen molar-refractivity contribution < 1.29 is 4.79 Å². The molecule has 6 heteroatoms. The summed E-state index contributed by atoms with van der Waals surface area (Å²) in [6.45, 7) is 7.20. The Morgan fingerprint density at radius 1 is 1.18 bits per heavy atom.